The minimum Gasteiger partial charge on any atom is -0.351 e. The van der Waals surface area contributed by atoms with Gasteiger partial charge in [-0.3, -0.25) is 4.79 Å². The number of pyridine rings is 1. The maximum Gasteiger partial charge on any atom is 0.441 e. The van der Waals surface area contributed by atoms with Crippen molar-refractivity contribution < 1.29 is 18.0 Å². The minimum atomic E-state index is -4.28. The summed E-state index contributed by atoms with van der Waals surface area (Å²) < 4.78 is 35.4. The lowest BCUT2D eigenvalue weighted by Crippen LogP contribution is -2.26. The molecule has 1 heterocycles. The van der Waals surface area contributed by atoms with E-state index < -0.39 is 11.4 Å². The van der Waals surface area contributed by atoms with Crippen LogP contribution in [0.1, 0.15) is 10.4 Å². The van der Waals surface area contributed by atoms with Crippen molar-refractivity contribution in [1.82, 2.24) is 10.3 Å². The fourth-order valence-electron chi connectivity index (χ4n) is 1.05. The molecule has 1 rings (SSSR count). The van der Waals surface area contributed by atoms with Crippen molar-refractivity contribution in [1.29, 1.82) is 0 Å². The predicted molar refractivity (Wildman–Crippen MR) is 62.9 cm³/mol. The molecule has 0 aliphatic carbocycles. The number of nitrogens with one attached hydrogen (secondary N) is 2. The summed E-state index contributed by atoms with van der Waals surface area (Å²) in [5.74, 6) is 4.77. The average molecular weight is 280 g/mol. The second-order valence-electron chi connectivity index (χ2n) is 3.13. The highest BCUT2D eigenvalue weighted by Gasteiger charge is 2.27. The number of carbonyl (C=O) groups is 1. The Balaban J connectivity index is 2.36. The Kier molecular flexibility index (Phi) is 5.23. The monoisotopic (exact) mass is 280 g/mol. The number of nitrogen functional groups attached to an aromatic ring is 1. The summed E-state index contributed by atoms with van der Waals surface area (Å²) in [6, 6.07) is 2.95. The molecule has 1 amide bonds. The highest BCUT2D eigenvalue weighted by molar-refractivity contribution is 8.00. The Labute approximate surface area is 105 Å². The molecular weight excluding hydrogens is 269 g/mol. The van der Waals surface area contributed by atoms with E-state index in [4.69, 9.17) is 5.84 Å². The van der Waals surface area contributed by atoms with Gasteiger partial charge < -0.3 is 10.7 Å². The molecule has 0 atom stereocenters. The summed E-state index contributed by atoms with van der Waals surface area (Å²) in [6.45, 7) is -0.0695. The van der Waals surface area contributed by atoms with Crippen molar-refractivity contribution in [3.8, 4) is 0 Å². The third-order valence-corrected chi connectivity index (χ3v) is 2.56. The van der Waals surface area contributed by atoms with Gasteiger partial charge in [0.15, 0.2) is 0 Å². The number of amides is 1. The average Bonchev–Trinajstić information content (AvgIpc) is 2.33. The number of hydrazine groups is 1. The van der Waals surface area contributed by atoms with Crippen LogP contribution in [0.5, 0.6) is 0 Å². The number of hydrogen-bond acceptors (Lipinski definition) is 5. The van der Waals surface area contributed by atoms with Crippen LogP contribution in [0.4, 0.5) is 19.0 Å². The molecule has 0 radical (unpaired) electrons. The second-order valence-corrected chi connectivity index (χ2v) is 4.29. The predicted octanol–water partition coefficient (Wildman–Crippen LogP) is 1.35. The molecule has 1 aromatic heterocycles. The van der Waals surface area contributed by atoms with Gasteiger partial charge in [-0.25, -0.2) is 10.8 Å². The molecule has 0 saturated heterocycles. The van der Waals surface area contributed by atoms with Crippen LogP contribution in [-0.2, 0) is 0 Å². The molecule has 0 aliphatic heterocycles. The number of nitrogens with two attached hydrogens (primary N) is 1. The van der Waals surface area contributed by atoms with Crippen LogP contribution in [0.3, 0.4) is 0 Å². The SMILES string of the molecule is NNc1ccc(C(=O)NCCSC(F)(F)F)cn1. The Morgan fingerprint density at radius 2 is 2.17 bits per heavy atom. The number of thioether (sulfide) groups is 1. The first-order valence-electron chi connectivity index (χ1n) is 4.84. The molecule has 0 spiro atoms. The standard InChI is InChI=1S/C9H11F3N4OS/c10-9(11,12)18-4-3-14-8(17)6-1-2-7(16-13)15-5-6/h1-2,5H,3-4,13H2,(H,14,17)(H,15,16). The van der Waals surface area contributed by atoms with Crippen LogP contribution in [0, 0.1) is 0 Å². The van der Waals surface area contributed by atoms with Gasteiger partial charge in [-0.2, -0.15) is 13.2 Å². The zero-order chi connectivity index (χ0) is 13.6. The largest absolute Gasteiger partial charge is 0.441 e. The van der Waals surface area contributed by atoms with Crippen molar-refractivity contribution in [2.45, 2.75) is 5.51 Å². The molecule has 0 aromatic carbocycles. The first-order valence-corrected chi connectivity index (χ1v) is 5.82. The van der Waals surface area contributed by atoms with Crippen LogP contribution < -0.4 is 16.6 Å². The molecule has 5 nitrogen and oxygen atoms in total. The molecule has 18 heavy (non-hydrogen) atoms. The Morgan fingerprint density at radius 1 is 1.44 bits per heavy atom. The van der Waals surface area contributed by atoms with Crippen LogP contribution in [0.15, 0.2) is 18.3 Å². The second kappa shape index (κ2) is 6.45. The topological polar surface area (TPSA) is 80.0 Å². The van der Waals surface area contributed by atoms with Crippen molar-refractivity contribution >= 4 is 23.5 Å². The number of alkyl halides is 3. The van der Waals surface area contributed by atoms with Crippen molar-refractivity contribution in [2.24, 2.45) is 5.84 Å². The van der Waals surface area contributed by atoms with E-state index in [0.29, 0.717) is 5.82 Å². The van der Waals surface area contributed by atoms with Gasteiger partial charge in [0.05, 0.1) is 5.56 Å². The van der Waals surface area contributed by atoms with Gasteiger partial charge >= 0.3 is 5.51 Å². The summed E-state index contributed by atoms with van der Waals surface area (Å²) in [6.07, 6.45) is 1.28. The zero-order valence-corrected chi connectivity index (χ0v) is 9.94. The quantitative estimate of drug-likeness (QED) is 0.431. The first kappa shape index (κ1) is 14.6. The van der Waals surface area contributed by atoms with Gasteiger partial charge in [-0.1, -0.05) is 0 Å². The van der Waals surface area contributed by atoms with Crippen LogP contribution in [0.2, 0.25) is 0 Å². The molecule has 100 valence electrons. The third kappa shape index (κ3) is 5.23. The summed E-state index contributed by atoms with van der Waals surface area (Å²) >= 11 is -0.180. The van der Waals surface area contributed by atoms with Crippen LogP contribution >= 0.6 is 11.8 Å². The van der Waals surface area contributed by atoms with E-state index in [-0.39, 0.29) is 29.6 Å². The van der Waals surface area contributed by atoms with Crippen molar-refractivity contribution in [3.05, 3.63) is 23.9 Å². The van der Waals surface area contributed by atoms with E-state index in [1.807, 2.05) is 0 Å². The third-order valence-electron chi connectivity index (χ3n) is 1.83. The lowest BCUT2D eigenvalue weighted by molar-refractivity contribution is -0.0327. The maximum atomic E-state index is 11.8. The highest BCUT2D eigenvalue weighted by atomic mass is 32.2. The molecule has 0 fully saturated rings. The van der Waals surface area contributed by atoms with Gasteiger partial charge in [0.2, 0.25) is 0 Å². The smallest absolute Gasteiger partial charge is 0.351 e. The van der Waals surface area contributed by atoms with Gasteiger partial charge in [0, 0.05) is 18.5 Å². The minimum absolute atomic E-state index is 0.0695. The molecule has 0 aliphatic rings. The Morgan fingerprint density at radius 3 is 2.67 bits per heavy atom. The van der Waals surface area contributed by atoms with E-state index in [0.717, 1.165) is 0 Å². The summed E-state index contributed by atoms with van der Waals surface area (Å²) in [5, 5.41) is 2.36. The van der Waals surface area contributed by atoms with Crippen molar-refractivity contribution in [2.75, 3.05) is 17.7 Å². The normalized spacial score (nSPS) is 11.1. The molecular formula is C9H11F3N4OS. The van der Waals surface area contributed by atoms with Crippen LogP contribution in [0.25, 0.3) is 0 Å². The summed E-state index contributed by atoms with van der Waals surface area (Å²) in [7, 11) is 0. The first-order chi connectivity index (χ1) is 8.42. The van der Waals surface area contributed by atoms with Gasteiger partial charge in [0.25, 0.3) is 5.91 Å². The van der Waals surface area contributed by atoms with Gasteiger partial charge in [0.1, 0.15) is 5.82 Å². The molecule has 1 aromatic rings. The number of halogens is 3. The number of nitrogens with zero attached hydrogens (tertiary/aromatic N) is 1. The van der Waals surface area contributed by atoms with E-state index in [1.165, 1.54) is 18.3 Å². The fraction of sp³-hybridized carbons (Fsp3) is 0.333. The lowest BCUT2D eigenvalue weighted by Gasteiger charge is -2.07. The number of rotatable bonds is 5. The number of anilines is 1. The molecule has 4 N–H and O–H groups in total. The number of hydrogen-bond donors (Lipinski definition) is 3. The molecule has 0 bridgehead atoms. The molecule has 0 saturated carbocycles. The zero-order valence-electron chi connectivity index (χ0n) is 9.12. The fourth-order valence-corrected chi connectivity index (χ4v) is 1.48. The van der Waals surface area contributed by atoms with Gasteiger partial charge in [-0.05, 0) is 23.9 Å². The summed E-state index contributed by atoms with van der Waals surface area (Å²) in [4.78, 5) is 15.3. The van der Waals surface area contributed by atoms with Crippen LogP contribution in [-0.4, -0.2) is 28.7 Å². The lowest BCUT2D eigenvalue weighted by atomic mass is 10.2. The Bertz CT molecular complexity index is 396. The van der Waals surface area contributed by atoms with E-state index in [9.17, 15) is 18.0 Å². The Hall–Kier alpha value is -1.48. The number of aromatic nitrogens is 1. The molecule has 0 unspecified atom stereocenters. The highest BCUT2D eigenvalue weighted by Crippen LogP contribution is 2.29. The van der Waals surface area contributed by atoms with E-state index >= 15 is 0 Å². The summed E-state index contributed by atoms with van der Waals surface area (Å²) in [5.41, 5.74) is -1.73. The maximum absolute atomic E-state index is 11.8. The number of carbonyl (C=O) groups excluding carboxylic acids is 1. The molecule has 9 heteroatoms. The van der Waals surface area contributed by atoms with Gasteiger partial charge in [-0.15, -0.1) is 0 Å². The van der Waals surface area contributed by atoms with E-state index in [2.05, 4.69) is 15.7 Å². The van der Waals surface area contributed by atoms with E-state index in [1.54, 1.807) is 0 Å². The van der Waals surface area contributed by atoms with Crippen molar-refractivity contribution in [3.63, 3.8) is 0 Å².